The number of hydrogen-bond donors (Lipinski definition) is 1. The molecule has 0 radical (unpaired) electrons. The lowest BCUT2D eigenvalue weighted by Crippen LogP contribution is -2.25. The van der Waals surface area contributed by atoms with Crippen molar-refractivity contribution in [3.63, 3.8) is 0 Å². The molecule has 3 rings (SSSR count). The summed E-state index contributed by atoms with van der Waals surface area (Å²) in [5.41, 5.74) is 1.53. The third-order valence-electron chi connectivity index (χ3n) is 3.30. The summed E-state index contributed by atoms with van der Waals surface area (Å²) >= 11 is 1.37. The quantitative estimate of drug-likeness (QED) is 0.706. The standard InChI is InChI=1S/C16H17N5OS/c1-12-14(23-16(20-12)13-6-2-3-7-17-13)15(22)18-8-4-10-21-11-5-9-19-21/h2-3,5-7,9,11H,4,8,10H2,1H3,(H,18,22). The molecule has 3 aromatic heterocycles. The van der Waals surface area contributed by atoms with Gasteiger partial charge in [-0.1, -0.05) is 6.07 Å². The Labute approximate surface area is 138 Å². The van der Waals surface area contributed by atoms with E-state index in [4.69, 9.17) is 0 Å². The Bertz CT molecular complexity index is 767. The number of thiazole rings is 1. The average molecular weight is 327 g/mol. The molecule has 0 aliphatic heterocycles. The number of amides is 1. The van der Waals surface area contributed by atoms with Crippen molar-refractivity contribution in [1.82, 2.24) is 25.1 Å². The Kier molecular flexibility index (Phi) is 4.77. The van der Waals surface area contributed by atoms with Crippen molar-refractivity contribution >= 4 is 17.2 Å². The number of nitrogens with zero attached hydrogens (tertiary/aromatic N) is 4. The number of pyridine rings is 1. The van der Waals surface area contributed by atoms with Gasteiger partial charge in [0.05, 0.1) is 11.4 Å². The summed E-state index contributed by atoms with van der Waals surface area (Å²) < 4.78 is 1.85. The fourth-order valence-corrected chi connectivity index (χ4v) is 3.12. The molecule has 0 spiro atoms. The summed E-state index contributed by atoms with van der Waals surface area (Å²) in [6.45, 7) is 3.24. The van der Waals surface area contributed by atoms with Crippen LogP contribution in [0.25, 0.3) is 10.7 Å². The first-order valence-corrected chi connectivity index (χ1v) is 8.20. The van der Waals surface area contributed by atoms with Crippen LogP contribution in [0.2, 0.25) is 0 Å². The van der Waals surface area contributed by atoms with Crippen LogP contribution in [0.5, 0.6) is 0 Å². The van der Waals surface area contributed by atoms with Crippen molar-refractivity contribution in [2.45, 2.75) is 19.9 Å². The number of aromatic nitrogens is 4. The highest BCUT2D eigenvalue weighted by atomic mass is 32.1. The van der Waals surface area contributed by atoms with Crippen molar-refractivity contribution in [3.05, 3.63) is 53.4 Å². The van der Waals surface area contributed by atoms with Crippen LogP contribution < -0.4 is 5.32 Å². The van der Waals surface area contributed by atoms with Crippen LogP contribution in [0.1, 0.15) is 21.8 Å². The van der Waals surface area contributed by atoms with E-state index in [1.807, 2.05) is 42.1 Å². The van der Waals surface area contributed by atoms with Crippen LogP contribution in [0.15, 0.2) is 42.9 Å². The van der Waals surface area contributed by atoms with Gasteiger partial charge < -0.3 is 5.32 Å². The number of carbonyl (C=O) groups is 1. The second-order valence-electron chi connectivity index (χ2n) is 5.03. The monoisotopic (exact) mass is 327 g/mol. The number of rotatable bonds is 6. The molecule has 1 amide bonds. The Morgan fingerprint density at radius 2 is 2.22 bits per heavy atom. The maximum Gasteiger partial charge on any atom is 0.263 e. The van der Waals surface area contributed by atoms with Crippen molar-refractivity contribution < 1.29 is 4.79 Å². The van der Waals surface area contributed by atoms with Crippen LogP contribution in [-0.4, -0.2) is 32.2 Å². The van der Waals surface area contributed by atoms with Crippen molar-refractivity contribution in [2.75, 3.05) is 6.54 Å². The van der Waals surface area contributed by atoms with E-state index in [1.54, 1.807) is 12.4 Å². The largest absolute Gasteiger partial charge is 0.351 e. The topological polar surface area (TPSA) is 72.7 Å². The van der Waals surface area contributed by atoms with Crippen LogP contribution in [-0.2, 0) is 6.54 Å². The molecule has 0 unspecified atom stereocenters. The van der Waals surface area contributed by atoms with E-state index in [0.717, 1.165) is 29.4 Å². The fraction of sp³-hybridized carbons (Fsp3) is 0.250. The highest BCUT2D eigenvalue weighted by Crippen LogP contribution is 2.26. The summed E-state index contributed by atoms with van der Waals surface area (Å²) in [7, 11) is 0. The zero-order chi connectivity index (χ0) is 16.1. The van der Waals surface area contributed by atoms with Gasteiger partial charge in [-0.25, -0.2) is 4.98 Å². The van der Waals surface area contributed by atoms with Gasteiger partial charge in [-0.2, -0.15) is 5.10 Å². The van der Waals surface area contributed by atoms with Gasteiger partial charge >= 0.3 is 0 Å². The molecule has 3 aromatic rings. The van der Waals surface area contributed by atoms with E-state index in [-0.39, 0.29) is 5.91 Å². The Morgan fingerprint density at radius 3 is 2.96 bits per heavy atom. The van der Waals surface area contributed by atoms with Gasteiger partial charge in [-0.15, -0.1) is 11.3 Å². The van der Waals surface area contributed by atoms with Crippen LogP contribution in [0, 0.1) is 6.92 Å². The van der Waals surface area contributed by atoms with Crippen molar-refractivity contribution in [1.29, 1.82) is 0 Å². The van der Waals surface area contributed by atoms with Gasteiger partial charge in [0.2, 0.25) is 0 Å². The first-order chi connectivity index (χ1) is 11.2. The number of aryl methyl sites for hydroxylation is 2. The molecule has 0 aliphatic carbocycles. The Morgan fingerprint density at radius 1 is 1.30 bits per heavy atom. The lowest BCUT2D eigenvalue weighted by Gasteiger charge is -2.04. The SMILES string of the molecule is Cc1nc(-c2ccccn2)sc1C(=O)NCCCn1cccn1. The highest BCUT2D eigenvalue weighted by molar-refractivity contribution is 7.17. The van der Waals surface area contributed by atoms with Gasteiger partial charge in [-0.05, 0) is 31.5 Å². The molecule has 0 aliphatic rings. The highest BCUT2D eigenvalue weighted by Gasteiger charge is 2.16. The predicted octanol–water partition coefficient (Wildman–Crippen LogP) is 2.53. The molecule has 23 heavy (non-hydrogen) atoms. The number of hydrogen-bond acceptors (Lipinski definition) is 5. The second kappa shape index (κ2) is 7.15. The molecule has 6 nitrogen and oxygen atoms in total. The van der Waals surface area contributed by atoms with Gasteiger partial charge in [0.1, 0.15) is 9.88 Å². The molecule has 1 N–H and O–H groups in total. The summed E-state index contributed by atoms with van der Waals surface area (Å²) in [6.07, 6.45) is 6.21. The Balaban J connectivity index is 1.58. The Hall–Kier alpha value is -2.54. The van der Waals surface area contributed by atoms with Gasteiger partial charge in [0.25, 0.3) is 5.91 Å². The van der Waals surface area contributed by atoms with E-state index >= 15 is 0 Å². The molecule has 0 saturated carbocycles. The molecule has 0 saturated heterocycles. The maximum atomic E-state index is 12.3. The first-order valence-electron chi connectivity index (χ1n) is 7.38. The predicted molar refractivity (Wildman–Crippen MR) is 89.3 cm³/mol. The summed E-state index contributed by atoms with van der Waals surface area (Å²) in [6, 6.07) is 7.55. The molecule has 0 fully saturated rings. The van der Waals surface area contributed by atoms with Gasteiger partial charge in [-0.3, -0.25) is 14.5 Å². The van der Waals surface area contributed by atoms with Crippen LogP contribution >= 0.6 is 11.3 Å². The third-order valence-corrected chi connectivity index (χ3v) is 4.47. The van der Waals surface area contributed by atoms with E-state index in [2.05, 4.69) is 20.4 Å². The van der Waals surface area contributed by atoms with Crippen molar-refractivity contribution in [2.24, 2.45) is 0 Å². The van der Waals surface area contributed by atoms with E-state index < -0.39 is 0 Å². The molecular formula is C16H17N5OS. The van der Waals surface area contributed by atoms with E-state index in [9.17, 15) is 4.79 Å². The zero-order valence-corrected chi connectivity index (χ0v) is 13.6. The molecule has 118 valence electrons. The summed E-state index contributed by atoms with van der Waals surface area (Å²) in [4.78, 5) is 21.7. The molecule has 0 bridgehead atoms. The van der Waals surface area contributed by atoms with E-state index in [1.165, 1.54) is 11.3 Å². The molecule has 3 heterocycles. The van der Waals surface area contributed by atoms with E-state index in [0.29, 0.717) is 11.4 Å². The molecule has 0 atom stereocenters. The minimum atomic E-state index is -0.0809. The summed E-state index contributed by atoms with van der Waals surface area (Å²) in [5.74, 6) is -0.0809. The first kappa shape index (κ1) is 15.4. The van der Waals surface area contributed by atoms with Gasteiger partial charge in [0, 0.05) is 31.7 Å². The zero-order valence-electron chi connectivity index (χ0n) is 12.8. The second-order valence-corrected chi connectivity index (χ2v) is 6.03. The fourth-order valence-electron chi connectivity index (χ4n) is 2.16. The number of nitrogens with one attached hydrogen (secondary N) is 1. The van der Waals surface area contributed by atoms with Crippen LogP contribution in [0.4, 0.5) is 0 Å². The maximum absolute atomic E-state index is 12.3. The summed E-state index contributed by atoms with van der Waals surface area (Å²) in [5, 5.41) is 7.84. The van der Waals surface area contributed by atoms with Crippen molar-refractivity contribution in [3.8, 4) is 10.7 Å². The average Bonchev–Trinajstić information content (AvgIpc) is 3.22. The molecular weight excluding hydrogens is 310 g/mol. The normalized spacial score (nSPS) is 10.7. The third kappa shape index (κ3) is 3.81. The minimum Gasteiger partial charge on any atom is -0.351 e. The molecule has 0 aromatic carbocycles. The lowest BCUT2D eigenvalue weighted by molar-refractivity contribution is 0.0956. The molecule has 7 heteroatoms. The smallest absolute Gasteiger partial charge is 0.263 e. The van der Waals surface area contributed by atoms with Gasteiger partial charge in [0.15, 0.2) is 0 Å². The number of carbonyl (C=O) groups excluding carboxylic acids is 1. The van der Waals surface area contributed by atoms with Crippen LogP contribution in [0.3, 0.4) is 0 Å². The lowest BCUT2D eigenvalue weighted by atomic mass is 10.3. The minimum absolute atomic E-state index is 0.0809.